The lowest BCUT2D eigenvalue weighted by Gasteiger charge is -2.09. The van der Waals surface area contributed by atoms with Gasteiger partial charge in [-0.1, -0.05) is 26.0 Å². The van der Waals surface area contributed by atoms with E-state index in [0.29, 0.717) is 16.8 Å². The zero-order valence-electron chi connectivity index (χ0n) is 15.0. The molecule has 1 N–H and O–H groups in total. The van der Waals surface area contributed by atoms with Gasteiger partial charge in [0.25, 0.3) is 0 Å². The lowest BCUT2D eigenvalue weighted by Crippen LogP contribution is -2.22. The highest BCUT2D eigenvalue weighted by atomic mass is 32.1. The molecule has 2 aromatic heterocycles. The number of thiazole rings is 1. The van der Waals surface area contributed by atoms with Crippen LogP contribution < -0.4 is 10.7 Å². The number of amides is 1. The van der Waals surface area contributed by atoms with Crippen LogP contribution in [0.1, 0.15) is 24.8 Å². The van der Waals surface area contributed by atoms with Crippen LogP contribution in [-0.2, 0) is 11.3 Å². The molecule has 0 saturated heterocycles. The minimum absolute atomic E-state index is 0.0266. The summed E-state index contributed by atoms with van der Waals surface area (Å²) in [5.41, 5.74) is 2.14. The lowest BCUT2D eigenvalue weighted by atomic mass is 10.2. The van der Waals surface area contributed by atoms with Crippen molar-refractivity contribution in [2.24, 2.45) is 0 Å². The predicted octanol–water partition coefficient (Wildman–Crippen LogP) is 3.77. The number of rotatable bonds is 4. The Morgan fingerprint density at radius 2 is 2.04 bits per heavy atom. The first-order chi connectivity index (χ1) is 13.0. The molecular weight excluding hydrogens is 360 g/mol. The number of hydrogen-bond donors (Lipinski definition) is 1. The Hall–Kier alpha value is -3.06. The van der Waals surface area contributed by atoms with E-state index < -0.39 is 0 Å². The molecule has 0 spiro atoms. The monoisotopic (exact) mass is 378 g/mol. The van der Waals surface area contributed by atoms with E-state index in [4.69, 9.17) is 0 Å². The minimum Gasteiger partial charge on any atom is -0.324 e. The average molecular weight is 378 g/mol. The fourth-order valence-electron chi connectivity index (χ4n) is 2.89. The fraction of sp³-hybridized carbons (Fsp3) is 0.200. The molecule has 4 aromatic rings. The molecule has 0 atom stereocenters. The first-order valence-corrected chi connectivity index (χ1v) is 9.48. The summed E-state index contributed by atoms with van der Waals surface area (Å²) in [6.45, 7) is 4.25. The van der Waals surface area contributed by atoms with Crippen LogP contribution >= 0.6 is 11.3 Å². The van der Waals surface area contributed by atoms with Crippen molar-refractivity contribution in [3.8, 4) is 0 Å². The second-order valence-corrected chi connectivity index (χ2v) is 7.68. The molecule has 6 nitrogen and oxygen atoms in total. The van der Waals surface area contributed by atoms with Crippen LogP contribution in [0.15, 0.2) is 53.5 Å². The molecule has 0 radical (unpaired) electrons. The van der Waals surface area contributed by atoms with Gasteiger partial charge in [0.05, 0.1) is 26.9 Å². The van der Waals surface area contributed by atoms with Crippen molar-refractivity contribution in [1.29, 1.82) is 0 Å². The van der Waals surface area contributed by atoms with Crippen molar-refractivity contribution in [1.82, 2.24) is 14.8 Å². The highest BCUT2D eigenvalue weighted by molar-refractivity contribution is 7.18. The fourth-order valence-corrected chi connectivity index (χ4v) is 3.90. The number of benzene rings is 2. The van der Waals surface area contributed by atoms with Gasteiger partial charge < -0.3 is 5.32 Å². The van der Waals surface area contributed by atoms with Crippen molar-refractivity contribution in [3.05, 3.63) is 63.9 Å². The summed E-state index contributed by atoms with van der Waals surface area (Å²) < 4.78 is 2.58. The van der Waals surface area contributed by atoms with E-state index in [2.05, 4.69) is 29.2 Å². The maximum Gasteiger partial charge on any atom is 0.246 e. The van der Waals surface area contributed by atoms with Gasteiger partial charge in [-0.15, -0.1) is 11.3 Å². The minimum atomic E-state index is -0.204. The molecule has 0 aliphatic heterocycles. The molecule has 0 aliphatic carbocycles. The average Bonchev–Trinajstić information content (AvgIpc) is 3.08. The van der Waals surface area contributed by atoms with Gasteiger partial charge in [-0.3, -0.25) is 14.3 Å². The van der Waals surface area contributed by atoms with Gasteiger partial charge in [-0.05, 0) is 30.3 Å². The van der Waals surface area contributed by atoms with Crippen LogP contribution in [0.2, 0.25) is 0 Å². The maximum absolute atomic E-state index is 12.5. The number of anilines is 1. The molecule has 0 aliphatic rings. The Balaban J connectivity index is 1.57. The van der Waals surface area contributed by atoms with Gasteiger partial charge in [-0.2, -0.15) is 5.10 Å². The quantitative estimate of drug-likeness (QED) is 0.586. The number of nitrogens with zero attached hydrogens (tertiary/aromatic N) is 3. The second kappa shape index (κ2) is 6.92. The third-order valence-electron chi connectivity index (χ3n) is 4.24. The van der Waals surface area contributed by atoms with Gasteiger partial charge in [-0.25, -0.2) is 4.98 Å². The highest BCUT2D eigenvalue weighted by Crippen LogP contribution is 2.29. The predicted molar refractivity (Wildman–Crippen MR) is 108 cm³/mol. The SMILES string of the molecule is CC(C)c1nc2ccc(NC(=O)Cn3ncc(=O)c4ccccc43)cc2s1. The molecule has 2 heterocycles. The number of fused-ring (bicyclic) bond motifs is 2. The van der Waals surface area contributed by atoms with E-state index >= 15 is 0 Å². The Bertz CT molecular complexity index is 1210. The lowest BCUT2D eigenvalue weighted by molar-refractivity contribution is -0.116. The first-order valence-electron chi connectivity index (χ1n) is 8.66. The topological polar surface area (TPSA) is 76.9 Å². The largest absolute Gasteiger partial charge is 0.324 e. The van der Waals surface area contributed by atoms with Crippen molar-refractivity contribution in [2.45, 2.75) is 26.3 Å². The number of aromatic nitrogens is 3. The van der Waals surface area contributed by atoms with Crippen molar-refractivity contribution < 1.29 is 4.79 Å². The maximum atomic E-state index is 12.5. The smallest absolute Gasteiger partial charge is 0.246 e. The summed E-state index contributed by atoms with van der Waals surface area (Å²) in [7, 11) is 0. The van der Waals surface area contributed by atoms with Gasteiger partial charge in [0, 0.05) is 17.0 Å². The zero-order chi connectivity index (χ0) is 19.0. The van der Waals surface area contributed by atoms with Crippen LogP contribution in [0.3, 0.4) is 0 Å². The Morgan fingerprint density at radius 3 is 2.85 bits per heavy atom. The van der Waals surface area contributed by atoms with Crippen molar-refractivity contribution in [2.75, 3.05) is 5.32 Å². The van der Waals surface area contributed by atoms with Crippen molar-refractivity contribution >= 4 is 44.1 Å². The Labute approximate surface area is 159 Å². The molecular formula is C20H18N4O2S. The van der Waals surface area contributed by atoms with Crippen molar-refractivity contribution in [3.63, 3.8) is 0 Å². The number of para-hydroxylation sites is 1. The van der Waals surface area contributed by atoms with Crippen LogP contribution in [0.4, 0.5) is 5.69 Å². The molecule has 2 aromatic carbocycles. The van der Waals surface area contributed by atoms with E-state index in [9.17, 15) is 9.59 Å². The summed E-state index contributed by atoms with van der Waals surface area (Å²) in [6, 6.07) is 12.8. The van der Waals surface area contributed by atoms with Gasteiger partial charge in [0.15, 0.2) is 0 Å². The van der Waals surface area contributed by atoms with E-state index in [1.807, 2.05) is 24.3 Å². The van der Waals surface area contributed by atoms with Gasteiger partial charge in [0.2, 0.25) is 11.3 Å². The number of nitrogens with one attached hydrogen (secondary N) is 1. The van der Waals surface area contributed by atoms with Crippen LogP contribution in [0, 0.1) is 0 Å². The van der Waals surface area contributed by atoms with Crippen LogP contribution in [0.25, 0.3) is 21.1 Å². The third-order valence-corrected chi connectivity index (χ3v) is 5.56. The molecule has 1 amide bonds. The van der Waals surface area contributed by atoms with Gasteiger partial charge >= 0.3 is 0 Å². The number of carbonyl (C=O) groups excluding carboxylic acids is 1. The van der Waals surface area contributed by atoms with Crippen LogP contribution in [0.5, 0.6) is 0 Å². The molecule has 7 heteroatoms. The molecule has 136 valence electrons. The van der Waals surface area contributed by atoms with E-state index in [1.165, 1.54) is 10.9 Å². The van der Waals surface area contributed by atoms with Gasteiger partial charge in [0.1, 0.15) is 6.54 Å². The summed E-state index contributed by atoms with van der Waals surface area (Å²) in [4.78, 5) is 29.0. The molecule has 0 saturated carbocycles. The summed E-state index contributed by atoms with van der Waals surface area (Å²) in [6.07, 6.45) is 1.24. The molecule has 0 unspecified atom stereocenters. The summed E-state index contributed by atoms with van der Waals surface area (Å²) >= 11 is 1.64. The number of hydrogen-bond acceptors (Lipinski definition) is 5. The van der Waals surface area contributed by atoms with E-state index in [0.717, 1.165) is 20.9 Å². The zero-order valence-corrected chi connectivity index (χ0v) is 15.8. The Kier molecular flexibility index (Phi) is 4.45. The third kappa shape index (κ3) is 3.46. The summed E-state index contributed by atoms with van der Waals surface area (Å²) in [5.74, 6) is 0.171. The highest BCUT2D eigenvalue weighted by Gasteiger charge is 2.11. The number of carbonyl (C=O) groups is 1. The van der Waals surface area contributed by atoms with Crippen LogP contribution in [-0.4, -0.2) is 20.7 Å². The molecule has 4 rings (SSSR count). The molecule has 0 bridgehead atoms. The standard InChI is InChI=1S/C20H18N4O2S/c1-12(2)20-23-15-8-7-13(9-18(15)27-20)22-19(26)11-24-16-6-4-3-5-14(16)17(25)10-21-24/h3-10,12H,11H2,1-2H3,(H,22,26). The summed E-state index contributed by atoms with van der Waals surface area (Å²) in [5, 5.41) is 8.63. The molecule has 0 fully saturated rings. The Morgan fingerprint density at radius 1 is 1.22 bits per heavy atom. The first kappa shape index (κ1) is 17.4. The second-order valence-electron chi connectivity index (χ2n) is 6.62. The molecule has 27 heavy (non-hydrogen) atoms. The normalized spacial score (nSPS) is 11.4. The van der Waals surface area contributed by atoms with E-state index in [1.54, 1.807) is 29.5 Å². The van der Waals surface area contributed by atoms with E-state index in [-0.39, 0.29) is 17.9 Å².